The third kappa shape index (κ3) is 6.07. The fourth-order valence-corrected chi connectivity index (χ4v) is 9.13. The Morgan fingerprint density at radius 1 is 0.826 bits per heavy atom. The van der Waals surface area contributed by atoms with Crippen molar-refractivity contribution in [2.24, 2.45) is 0 Å². The molecular formula is C21H30ISi+. The van der Waals surface area contributed by atoms with E-state index in [-0.39, 0.29) is 21.2 Å². The van der Waals surface area contributed by atoms with Gasteiger partial charge in [0, 0.05) is 0 Å². The van der Waals surface area contributed by atoms with E-state index in [0.717, 1.165) is 0 Å². The van der Waals surface area contributed by atoms with E-state index in [2.05, 4.69) is 75.1 Å². The second-order valence-corrected chi connectivity index (χ2v) is 15.2. The van der Waals surface area contributed by atoms with Gasteiger partial charge in [-0.15, -0.1) is 0 Å². The van der Waals surface area contributed by atoms with Gasteiger partial charge in [-0.3, -0.25) is 0 Å². The van der Waals surface area contributed by atoms with Crippen LogP contribution in [0.15, 0.2) is 48.5 Å². The summed E-state index contributed by atoms with van der Waals surface area (Å²) in [6.07, 6.45) is 6.64. The van der Waals surface area contributed by atoms with Crippen LogP contribution in [0.4, 0.5) is 0 Å². The van der Waals surface area contributed by atoms with Crippen LogP contribution < -0.4 is 26.4 Å². The second-order valence-electron chi connectivity index (χ2n) is 7.26. The maximum absolute atomic E-state index is 2.45. The smallest absolute Gasteiger partial charge is 0.0655 e. The van der Waals surface area contributed by atoms with E-state index in [9.17, 15) is 0 Å². The summed E-state index contributed by atoms with van der Waals surface area (Å²) >= 11 is -0.0566. The lowest BCUT2D eigenvalue weighted by Gasteiger charge is -2.15. The molecule has 2 aromatic carbocycles. The molecule has 0 unspecified atom stereocenters. The summed E-state index contributed by atoms with van der Waals surface area (Å²) in [5, 5.41) is 1.65. The SMILES string of the molecule is CCCCCCc1ccc([I+]c2ccccc2[Si](C)(C)C)cc1. The minimum Gasteiger partial charge on any atom is -0.0655 e. The van der Waals surface area contributed by atoms with Gasteiger partial charge in [0.2, 0.25) is 0 Å². The van der Waals surface area contributed by atoms with Crippen LogP contribution in [0.3, 0.4) is 0 Å². The average Bonchev–Trinajstić information content (AvgIpc) is 2.53. The van der Waals surface area contributed by atoms with Gasteiger partial charge in [0.15, 0.2) is 7.14 Å². The number of hydrogen-bond donors (Lipinski definition) is 0. The van der Waals surface area contributed by atoms with E-state index in [1.54, 1.807) is 12.3 Å². The predicted molar refractivity (Wildman–Crippen MR) is 101 cm³/mol. The topological polar surface area (TPSA) is 0 Å². The Hall–Kier alpha value is -0.613. The van der Waals surface area contributed by atoms with Crippen molar-refractivity contribution in [3.05, 3.63) is 61.2 Å². The van der Waals surface area contributed by atoms with E-state index < -0.39 is 8.07 Å². The van der Waals surface area contributed by atoms with Crippen LogP contribution in [0.1, 0.15) is 38.2 Å². The van der Waals surface area contributed by atoms with Gasteiger partial charge in [0.1, 0.15) is 0 Å². The summed E-state index contributed by atoms with van der Waals surface area (Å²) in [5.74, 6) is 0. The van der Waals surface area contributed by atoms with Gasteiger partial charge in [0.05, 0.1) is 8.07 Å². The number of halogens is 1. The molecule has 0 spiro atoms. The molecule has 0 aliphatic rings. The lowest BCUT2D eigenvalue weighted by molar-refractivity contribution is -0.596. The number of unbranched alkanes of at least 4 members (excludes halogenated alkanes) is 3. The normalized spacial score (nSPS) is 11.7. The van der Waals surface area contributed by atoms with Crippen molar-refractivity contribution in [2.45, 2.75) is 58.7 Å². The first kappa shape index (κ1) is 18.7. The third-order valence-electron chi connectivity index (χ3n) is 4.13. The Labute approximate surface area is 154 Å². The third-order valence-corrected chi connectivity index (χ3v) is 9.55. The second kappa shape index (κ2) is 9.02. The Bertz CT molecular complexity index is 596. The molecule has 0 aliphatic heterocycles. The zero-order valence-electron chi connectivity index (χ0n) is 15.0. The van der Waals surface area contributed by atoms with Crippen molar-refractivity contribution >= 4 is 13.3 Å². The largest absolute Gasteiger partial charge is 0.357 e. The van der Waals surface area contributed by atoms with Crippen molar-refractivity contribution in [3.63, 3.8) is 0 Å². The van der Waals surface area contributed by atoms with Crippen LogP contribution >= 0.6 is 0 Å². The molecule has 0 aliphatic carbocycles. The number of aryl methyl sites for hydroxylation is 1. The van der Waals surface area contributed by atoms with Crippen LogP contribution in [0.25, 0.3) is 0 Å². The van der Waals surface area contributed by atoms with Gasteiger partial charge in [-0.2, -0.15) is 0 Å². The molecule has 124 valence electrons. The molecule has 0 saturated carbocycles. The Morgan fingerprint density at radius 3 is 2.17 bits per heavy atom. The Balaban J connectivity index is 2.02. The molecule has 0 atom stereocenters. The zero-order chi connectivity index (χ0) is 16.7. The summed E-state index contributed by atoms with van der Waals surface area (Å²) in [7, 11) is -1.24. The van der Waals surface area contributed by atoms with Crippen molar-refractivity contribution in [1.29, 1.82) is 0 Å². The minimum absolute atomic E-state index is 0.0566. The fourth-order valence-electron chi connectivity index (χ4n) is 2.74. The molecule has 0 amide bonds. The molecule has 0 saturated heterocycles. The lowest BCUT2D eigenvalue weighted by atomic mass is 10.1. The highest BCUT2D eigenvalue weighted by Crippen LogP contribution is 2.07. The van der Waals surface area contributed by atoms with Crippen LogP contribution in [-0.2, 0) is 6.42 Å². The molecule has 23 heavy (non-hydrogen) atoms. The first-order chi connectivity index (χ1) is 11.0. The monoisotopic (exact) mass is 437 g/mol. The van der Waals surface area contributed by atoms with Crippen LogP contribution in [0, 0.1) is 7.14 Å². The maximum atomic E-state index is 2.45. The minimum atomic E-state index is -1.24. The average molecular weight is 437 g/mol. The maximum Gasteiger partial charge on any atom is 0.357 e. The van der Waals surface area contributed by atoms with Crippen molar-refractivity contribution < 1.29 is 21.2 Å². The van der Waals surface area contributed by atoms with Gasteiger partial charge in [0.25, 0.3) is 0 Å². The molecular weight excluding hydrogens is 407 g/mol. The quantitative estimate of drug-likeness (QED) is 0.338. The Kier molecular flexibility index (Phi) is 7.34. The van der Waals surface area contributed by atoms with Gasteiger partial charge >= 0.3 is 21.2 Å². The molecule has 2 heteroatoms. The Morgan fingerprint density at radius 2 is 1.52 bits per heavy atom. The molecule has 0 bridgehead atoms. The highest BCUT2D eigenvalue weighted by atomic mass is 127. The zero-order valence-corrected chi connectivity index (χ0v) is 18.2. The molecule has 0 nitrogen and oxygen atoms in total. The van der Waals surface area contributed by atoms with E-state index in [1.807, 2.05) is 0 Å². The molecule has 0 aromatic heterocycles. The summed E-state index contributed by atoms with van der Waals surface area (Å²) in [4.78, 5) is 0. The molecule has 0 N–H and O–H groups in total. The van der Waals surface area contributed by atoms with Crippen LogP contribution in [0.5, 0.6) is 0 Å². The van der Waals surface area contributed by atoms with Gasteiger partial charge in [-0.25, -0.2) is 0 Å². The predicted octanol–water partition coefficient (Wildman–Crippen LogP) is 2.48. The lowest BCUT2D eigenvalue weighted by Crippen LogP contribution is -3.62. The van der Waals surface area contributed by atoms with E-state index in [0.29, 0.717) is 0 Å². The first-order valence-electron chi connectivity index (χ1n) is 8.84. The van der Waals surface area contributed by atoms with Crippen molar-refractivity contribution in [1.82, 2.24) is 0 Å². The molecule has 2 aromatic rings. The van der Waals surface area contributed by atoms with Crippen LogP contribution in [-0.4, -0.2) is 8.07 Å². The van der Waals surface area contributed by atoms with Gasteiger partial charge in [-0.1, -0.05) is 76.2 Å². The standard InChI is InChI=1S/C21H30ISi/c1-5-6-7-8-11-18-14-16-19(17-15-18)22-20-12-9-10-13-21(20)23(2,3)4/h9-10,12-17H,5-8,11H2,1-4H3/q+1. The molecule has 0 heterocycles. The summed E-state index contributed by atoms with van der Waals surface area (Å²) in [6, 6.07) is 18.6. The van der Waals surface area contributed by atoms with E-state index in [4.69, 9.17) is 0 Å². The molecule has 0 radical (unpaired) electrons. The summed E-state index contributed by atoms with van der Waals surface area (Å²) in [5.41, 5.74) is 1.51. The highest BCUT2D eigenvalue weighted by Gasteiger charge is 2.27. The number of hydrogen-bond acceptors (Lipinski definition) is 0. The number of rotatable bonds is 8. The molecule has 0 fully saturated rings. The van der Waals surface area contributed by atoms with Crippen molar-refractivity contribution in [2.75, 3.05) is 0 Å². The van der Waals surface area contributed by atoms with E-state index >= 15 is 0 Å². The highest BCUT2D eigenvalue weighted by molar-refractivity contribution is 6.88. The fraction of sp³-hybridized carbons (Fsp3) is 0.429. The van der Waals surface area contributed by atoms with Gasteiger partial charge in [-0.05, 0) is 41.8 Å². The summed E-state index contributed by atoms with van der Waals surface area (Å²) in [6.45, 7) is 9.63. The number of benzene rings is 2. The summed E-state index contributed by atoms with van der Waals surface area (Å²) < 4.78 is 3.17. The van der Waals surface area contributed by atoms with Crippen LogP contribution in [0.2, 0.25) is 19.6 Å². The van der Waals surface area contributed by atoms with E-state index in [1.165, 1.54) is 37.7 Å². The molecule has 2 rings (SSSR count). The van der Waals surface area contributed by atoms with Gasteiger partial charge < -0.3 is 0 Å². The van der Waals surface area contributed by atoms with Crippen molar-refractivity contribution in [3.8, 4) is 0 Å². The first-order valence-corrected chi connectivity index (χ1v) is 14.5.